The molecule has 1 aliphatic rings. The molecule has 1 aromatic rings. The van der Waals surface area contributed by atoms with Crippen LogP contribution in [0, 0.1) is 0 Å². The molecule has 2 heterocycles. The Morgan fingerprint density at radius 3 is 2.67 bits per heavy atom. The molecular formula is C14H22N4O3. The van der Waals surface area contributed by atoms with Gasteiger partial charge >= 0.3 is 5.69 Å². The molecule has 1 aromatic heterocycles. The maximum absolute atomic E-state index is 11.8. The third kappa shape index (κ3) is 3.74. The molecule has 0 aliphatic carbocycles. The van der Waals surface area contributed by atoms with E-state index in [9.17, 15) is 14.7 Å². The lowest BCUT2D eigenvalue weighted by Crippen LogP contribution is -2.32. The summed E-state index contributed by atoms with van der Waals surface area (Å²) in [7, 11) is 0. The Kier molecular flexibility index (Phi) is 5.19. The number of nitrogens with zero attached hydrogens (tertiary/aromatic N) is 3. The Hall–Kier alpha value is -2.05. The largest absolute Gasteiger partial charge is 0.494 e. The molecule has 7 heteroatoms. The van der Waals surface area contributed by atoms with E-state index in [1.807, 2.05) is 11.9 Å². The predicted octanol–water partition coefficient (Wildman–Crippen LogP) is 0.862. The summed E-state index contributed by atoms with van der Waals surface area (Å²) >= 11 is 0. The maximum Gasteiger partial charge on any atom is 0.331 e. The van der Waals surface area contributed by atoms with Crippen LogP contribution in [0.5, 0.6) is 5.88 Å². The Bertz CT molecular complexity index is 612. The average molecular weight is 294 g/mol. The molecule has 1 aliphatic heterocycles. The van der Waals surface area contributed by atoms with Crippen LogP contribution in [0.15, 0.2) is 14.7 Å². The Morgan fingerprint density at radius 1 is 1.29 bits per heavy atom. The lowest BCUT2D eigenvalue weighted by atomic mass is 10.2. The summed E-state index contributed by atoms with van der Waals surface area (Å²) in [5.41, 5.74) is -1.15. The molecule has 0 unspecified atom stereocenters. The quantitative estimate of drug-likeness (QED) is 0.788. The van der Waals surface area contributed by atoms with Crippen LogP contribution < -0.4 is 11.2 Å². The van der Waals surface area contributed by atoms with Crippen molar-refractivity contribution in [3.8, 4) is 5.88 Å². The van der Waals surface area contributed by atoms with Crippen LogP contribution in [0.25, 0.3) is 0 Å². The SMILES string of the molecule is CCCCn1c(O)c(C=NN2CCCCC2)c(=O)[nH]c1=O. The number of hydrogen-bond acceptors (Lipinski definition) is 5. The molecule has 0 radical (unpaired) electrons. The summed E-state index contributed by atoms with van der Waals surface area (Å²) in [6, 6.07) is 0. The standard InChI is InChI=1S/C14H22N4O3/c1-2-3-9-18-13(20)11(12(19)16-14(18)21)10-15-17-7-5-4-6-8-17/h10,20H,2-9H2,1H3,(H,16,19,21). The first-order chi connectivity index (χ1) is 10.1. The van der Waals surface area contributed by atoms with E-state index in [2.05, 4.69) is 10.1 Å². The van der Waals surface area contributed by atoms with E-state index >= 15 is 0 Å². The Balaban J connectivity index is 2.27. The van der Waals surface area contributed by atoms with Crippen LogP contribution in [0.2, 0.25) is 0 Å². The normalized spacial score (nSPS) is 15.8. The van der Waals surface area contributed by atoms with Crippen molar-refractivity contribution >= 4 is 6.21 Å². The highest BCUT2D eigenvalue weighted by atomic mass is 16.3. The summed E-state index contributed by atoms with van der Waals surface area (Å²) < 4.78 is 1.18. The molecule has 2 N–H and O–H groups in total. The fourth-order valence-corrected chi connectivity index (χ4v) is 2.35. The molecule has 116 valence electrons. The number of aromatic amines is 1. The zero-order valence-electron chi connectivity index (χ0n) is 12.3. The second-order valence-corrected chi connectivity index (χ2v) is 5.26. The van der Waals surface area contributed by atoms with E-state index < -0.39 is 11.2 Å². The topological polar surface area (TPSA) is 90.7 Å². The van der Waals surface area contributed by atoms with Gasteiger partial charge in [0.05, 0.1) is 6.21 Å². The second-order valence-electron chi connectivity index (χ2n) is 5.26. The van der Waals surface area contributed by atoms with Crippen LogP contribution >= 0.6 is 0 Å². The van der Waals surface area contributed by atoms with Crippen LogP contribution in [0.4, 0.5) is 0 Å². The van der Waals surface area contributed by atoms with Crippen molar-refractivity contribution in [3.63, 3.8) is 0 Å². The summed E-state index contributed by atoms with van der Waals surface area (Å²) in [5, 5.41) is 16.3. The van der Waals surface area contributed by atoms with Crippen molar-refractivity contribution in [3.05, 3.63) is 26.4 Å². The van der Waals surface area contributed by atoms with E-state index in [0.29, 0.717) is 6.54 Å². The van der Waals surface area contributed by atoms with Gasteiger partial charge in [0.2, 0.25) is 5.88 Å². The number of aromatic hydroxyl groups is 1. The van der Waals surface area contributed by atoms with Crippen molar-refractivity contribution in [2.45, 2.75) is 45.6 Å². The fraction of sp³-hybridized carbons (Fsp3) is 0.643. The van der Waals surface area contributed by atoms with Crippen LogP contribution in [-0.4, -0.2) is 39.0 Å². The Morgan fingerprint density at radius 2 is 2.00 bits per heavy atom. The summed E-state index contributed by atoms with van der Waals surface area (Å²) in [6.07, 6.45) is 6.34. The van der Waals surface area contributed by atoms with E-state index in [1.165, 1.54) is 17.2 Å². The first kappa shape index (κ1) is 15.3. The highest BCUT2D eigenvalue weighted by molar-refractivity contribution is 5.81. The number of piperidine rings is 1. The van der Waals surface area contributed by atoms with Crippen LogP contribution in [-0.2, 0) is 6.54 Å². The van der Waals surface area contributed by atoms with Crippen LogP contribution in [0.1, 0.15) is 44.6 Å². The van der Waals surface area contributed by atoms with Gasteiger partial charge in [-0.25, -0.2) is 4.79 Å². The van der Waals surface area contributed by atoms with Gasteiger partial charge in [-0.1, -0.05) is 13.3 Å². The van der Waals surface area contributed by atoms with Gasteiger partial charge in [-0.15, -0.1) is 0 Å². The van der Waals surface area contributed by atoms with Gasteiger partial charge in [0.1, 0.15) is 5.56 Å². The molecule has 2 rings (SSSR count). The zero-order chi connectivity index (χ0) is 15.2. The number of unbranched alkanes of at least 4 members (excludes halogenated alkanes) is 1. The Labute approximate surface area is 122 Å². The highest BCUT2D eigenvalue weighted by Crippen LogP contribution is 2.11. The molecule has 0 aromatic carbocycles. The van der Waals surface area contributed by atoms with Crippen molar-refractivity contribution in [1.29, 1.82) is 0 Å². The number of hydrazone groups is 1. The lowest BCUT2D eigenvalue weighted by molar-refractivity contribution is 0.240. The monoisotopic (exact) mass is 294 g/mol. The number of rotatable bonds is 5. The molecule has 0 bridgehead atoms. The van der Waals surface area contributed by atoms with E-state index in [1.54, 1.807) is 0 Å². The van der Waals surface area contributed by atoms with Crippen LogP contribution in [0.3, 0.4) is 0 Å². The predicted molar refractivity (Wildman–Crippen MR) is 80.9 cm³/mol. The molecular weight excluding hydrogens is 272 g/mol. The molecule has 0 amide bonds. The van der Waals surface area contributed by atoms with Gasteiger partial charge in [-0.3, -0.25) is 19.4 Å². The van der Waals surface area contributed by atoms with Crippen molar-refractivity contribution in [1.82, 2.24) is 14.6 Å². The van der Waals surface area contributed by atoms with Gasteiger partial charge in [0.25, 0.3) is 5.56 Å². The fourth-order valence-electron chi connectivity index (χ4n) is 2.35. The number of hydrogen-bond donors (Lipinski definition) is 2. The third-order valence-corrected chi connectivity index (χ3v) is 3.62. The molecule has 1 fully saturated rings. The summed E-state index contributed by atoms with van der Waals surface area (Å²) in [6.45, 7) is 4.07. The smallest absolute Gasteiger partial charge is 0.331 e. The van der Waals surface area contributed by atoms with Gasteiger partial charge < -0.3 is 5.11 Å². The number of nitrogens with one attached hydrogen (secondary N) is 1. The van der Waals surface area contributed by atoms with E-state index in [-0.39, 0.29) is 11.4 Å². The highest BCUT2D eigenvalue weighted by Gasteiger charge is 2.13. The van der Waals surface area contributed by atoms with Gasteiger partial charge in [-0.05, 0) is 25.7 Å². The number of H-pyrrole nitrogens is 1. The minimum Gasteiger partial charge on any atom is -0.494 e. The third-order valence-electron chi connectivity index (χ3n) is 3.62. The summed E-state index contributed by atoms with van der Waals surface area (Å²) in [4.78, 5) is 25.8. The van der Waals surface area contributed by atoms with E-state index in [4.69, 9.17) is 0 Å². The second kappa shape index (κ2) is 7.10. The first-order valence-electron chi connectivity index (χ1n) is 7.48. The van der Waals surface area contributed by atoms with Crippen molar-refractivity contribution in [2.24, 2.45) is 5.10 Å². The molecule has 7 nitrogen and oxygen atoms in total. The minimum atomic E-state index is -0.606. The number of aromatic nitrogens is 2. The molecule has 21 heavy (non-hydrogen) atoms. The zero-order valence-corrected chi connectivity index (χ0v) is 12.3. The molecule has 0 spiro atoms. The average Bonchev–Trinajstić information content (AvgIpc) is 2.47. The summed E-state index contributed by atoms with van der Waals surface area (Å²) in [5.74, 6) is -0.307. The molecule has 0 atom stereocenters. The molecule has 0 saturated carbocycles. The first-order valence-corrected chi connectivity index (χ1v) is 7.48. The maximum atomic E-state index is 11.8. The minimum absolute atomic E-state index is 0.0382. The van der Waals surface area contributed by atoms with Gasteiger partial charge in [0.15, 0.2) is 0 Å². The van der Waals surface area contributed by atoms with Crippen molar-refractivity contribution in [2.75, 3.05) is 13.1 Å². The van der Waals surface area contributed by atoms with Crippen molar-refractivity contribution < 1.29 is 5.11 Å². The van der Waals surface area contributed by atoms with E-state index in [0.717, 1.165) is 38.8 Å². The van der Waals surface area contributed by atoms with Gasteiger partial charge in [0, 0.05) is 19.6 Å². The van der Waals surface area contributed by atoms with Gasteiger partial charge in [-0.2, -0.15) is 5.10 Å². The lowest BCUT2D eigenvalue weighted by Gasteiger charge is -2.23. The molecule has 1 saturated heterocycles.